The Bertz CT molecular complexity index is 204. The zero-order valence-corrected chi connectivity index (χ0v) is 8.75. The van der Waals surface area contributed by atoms with Crippen LogP contribution in [0.1, 0.15) is 33.1 Å². The average Bonchev–Trinajstić information content (AvgIpc) is 2.10. The minimum Gasteiger partial charge on any atom is -0.368 e. The number of nitrogens with one attached hydrogen (secondary N) is 1. The first-order valence-corrected chi connectivity index (χ1v) is 4.84. The van der Waals surface area contributed by atoms with E-state index in [-0.39, 0.29) is 5.91 Å². The summed E-state index contributed by atoms with van der Waals surface area (Å²) in [6, 6.07) is -1.20. The normalized spacial score (nSPS) is 14.5. The number of carbonyl (C=O) groups is 2. The maximum Gasteiger partial charge on any atom is 0.240 e. The molecule has 0 heterocycles. The van der Waals surface area contributed by atoms with Crippen LogP contribution in [-0.2, 0) is 9.59 Å². The van der Waals surface area contributed by atoms with Crippen LogP contribution in [-0.4, -0.2) is 23.9 Å². The van der Waals surface area contributed by atoms with Crippen molar-refractivity contribution in [3.8, 4) is 0 Å². The third kappa shape index (κ3) is 4.81. The number of nitrogens with two attached hydrogens (primary N) is 2. The summed E-state index contributed by atoms with van der Waals surface area (Å²) in [7, 11) is 0. The number of amides is 2. The van der Waals surface area contributed by atoms with Crippen molar-refractivity contribution in [1.82, 2.24) is 5.32 Å². The molecule has 5 N–H and O–H groups in total. The van der Waals surface area contributed by atoms with Crippen LogP contribution >= 0.6 is 0 Å². The van der Waals surface area contributed by atoms with E-state index in [1.165, 1.54) is 0 Å². The summed E-state index contributed by atoms with van der Waals surface area (Å²) in [6.07, 6.45) is 2.38. The summed E-state index contributed by atoms with van der Waals surface area (Å²) in [5.74, 6) is -0.850. The molecule has 0 fully saturated rings. The zero-order valence-electron chi connectivity index (χ0n) is 8.75. The Morgan fingerprint density at radius 1 is 1.43 bits per heavy atom. The lowest BCUT2D eigenvalue weighted by Gasteiger charge is -2.16. The van der Waals surface area contributed by atoms with Crippen molar-refractivity contribution >= 4 is 11.8 Å². The molecule has 14 heavy (non-hydrogen) atoms. The summed E-state index contributed by atoms with van der Waals surface area (Å²) in [5, 5.41) is 2.51. The second-order valence-electron chi connectivity index (χ2n) is 3.39. The first-order valence-electron chi connectivity index (χ1n) is 4.84. The van der Waals surface area contributed by atoms with E-state index in [0.29, 0.717) is 6.42 Å². The van der Waals surface area contributed by atoms with Crippen LogP contribution in [0, 0.1) is 0 Å². The topological polar surface area (TPSA) is 98.2 Å². The van der Waals surface area contributed by atoms with Crippen LogP contribution < -0.4 is 16.8 Å². The van der Waals surface area contributed by atoms with Gasteiger partial charge in [-0.1, -0.05) is 19.8 Å². The average molecular weight is 201 g/mol. The van der Waals surface area contributed by atoms with E-state index in [0.717, 1.165) is 12.8 Å². The molecule has 0 aromatic heterocycles. The van der Waals surface area contributed by atoms with Gasteiger partial charge in [0.05, 0.1) is 6.04 Å². The van der Waals surface area contributed by atoms with Crippen molar-refractivity contribution in [3.05, 3.63) is 0 Å². The molecule has 0 saturated heterocycles. The minimum atomic E-state index is -0.613. The highest BCUT2D eigenvalue weighted by Crippen LogP contribution is 2.00. The molecule has 0 aromatic carbocycles. The summed E-state index contributed by atoms with van der Waals surface area (Å²) in [6.45, 7) is 3.57. The van der Waals surface area contributed by atoms with E-state index < -0.39 is 18.0 Å². The lowest BCUT2D eigenvalue weighted by molar-refractivity contribution is -0.128. The Balaban J connectivity index is 4.09. The van der Waals surface area contributed by atoms with E-state index in [2.05, 4.69) is 5.32 Å². The molecule has 0 bridgehead atoms. The molecule has 5 heteroatoms. The Kier molecular flexibility index (Phi) is 5.87. The maximum absolute atomic E-state index is 11.2. The van der Waals surface area contributed by atoms with Crippen LogP contribution in [0.4, 0.5) is 0 Å². The number of primary amides is 1. The number of carbonyl (C=O) groups excluding carboxylic acids is 2. The third-order valence-corrected chi connectivity index (χ3v) is 1.92. The quantitative estimate of drug-likeness (QED) is 0.540. The van der Waals surface area contributed by atoms with E-state index in [1.54, 1.807) is 6.92 Å². The number of hydrogen-bond donors (Lipinski definition) is 3. The monoisotopic (exact) mass is 201 g/mol. The van der Waals surface area contributed by atoms with E-state index >= 15 is 0 Å². The highest BCUT2D eigenvalue weighted by Gasteiger charge is 2.18. The van der Waals surface area contributed by atoms with Gasteiger partial charge in [-0.05, 0) is 13.3 Å². The Morgan fingerprint density at radius 3 is 2.36 bits per heavy atom. The third-order valence-electron chi connectivity index (χ3n) is 1.92. The molecule has 2 unspecified atom stereocenters. The number of hydrogen-bond acceptors (Lipinski definition) is 3. The van der Waals surface area contributed by atoms with Gasteiger partial charge in [0.2, 0.25) is 11.8 Å². The Hall–Kier alpha value is -1.10. The molecule has 5 nitrogen and oxygen atoms in total. The molecule has 0 saturated carbocycles. The highest BCUT2D eigenvalue weighted by molar-refractivity contribution is 5.88. The SMILES string of the molecule is CCCCC(NC(=O)C(C)N)C(N)=O. The lowest BCUT2D eigenvalue weighted by atomic mass is 10.1. The molecule has 0 radical (unpaired) electrons. The fourth-order valence-corrected chi connectivity index (χ4v) is 0.997. The molecular formula is C9H19N3O2. The first kappa shape index (κ1) is 12.9. The van der Waals surface area contributed by atoms with Gasteiger partial charge in [0.25, 0.3) is 0 Å². The van der Waals surface area contributed by atoms with Crippen molar-refractivity contribution in [2.45, 2.75) is 45.2 Å². The van der Waals surface area contributed by atoms with Gasteiger partial charge in [-0.25, -0.2) is 0 Å². The standard InChI is InChI=1S/C9H19N3O2/c1-3-4-5-7(8(11)13)12-9(14)6(2)10/h6-7H,3-5,10H2,1-2H3,(H2,11,13)(H,12,14). The molecule has 2 atom stereocenters. The van der Waals surface area contributed by atoms with Crippen molar-refractivity contribution < 1.29 is 9.59 Å². The van der Waals surface area contributed by atoms with Gasteiger partial charge in [0.15, 0.2) is 0 Å². The second-order valence-corrected chi connectivity index (χ2v) is 3.39. The van der Waals surface area contributed by atoms with Gasteiger partial charge in [-0.3, -0.25) is 9.59 Å². The van der Waals surface area contributed by atoms with Crippen molar-refractivity contribution in [3.63, 3.8) is 0 Å². The molecule has 0 aliphatic rings. The van der Waals surface area contributed by atoms with Gasteiger partial charge in [-0.2, -0.15) is 0 Å². The number of rotatable bonds is 6. The highest BCUT2D eigenvalue weighted by atomic mass is 16.2. The largest absolute Gasteiger partial charge is 0.368 e. The summed E-state index contributed by atoms with van der Waals surface area (Å²) in [5.41, 5.74) is 10.5. The van der Waals surface area contributed by atoms with Crippen LogP contribution in [0.2, 0.25) is 0 Å². The number of unbranched alkanes of at least 4 members (excludes halogenated alkanes) is 1. The van der Waals surface area contributed by atoms with Crippen LogP contribution in [0.5, 0.6) is 0 Å². The van der Waals surface area contributed by atoms with Crippen molar-refractivity contribution in [2.24, 2.45) is 11.5 Å². The fraction of sp³-hybridized carbons (Fsp3) is 0.778. The minimum absolute atomic E-state index is 0.343. The smallest absolute Gasteiger partial charge is 0.240 e. The molecule has 0 spiro atoms. The second kappa shape index (κ2) is 6.37. The molecule has 0 aromatic rings. The van der Waals surface area contributed by atoms with E-state index in [1.807, 2.05) is 6.92 Å². The van der Waals surface area contributed by atoms with Gasteiger partial charge in [0.1, 0.15) is 6.04 Å². The van der Waals surface area contributed by atoms with Gasteiger partial charge < -0.3 is 16.8 Å². The first-order chi connectivity index (χ1) is 6.49. The molecule has 2 amide bonds. The Labute approximate surface area is 84.2 Å². The van der Waals surface area contributed by atoms with Gasteiger partial charge in [-0.15, -0.1) is 0 Å². The predicted molar refractivity (Wildman–Crippen MR) is 54.3 cm³/mol. The zero-order chi connectivity index (χ0) is 11.1. The Morgan fingerprint density at radius 2 is 2.00 bits per heavy atom. The van der Waals surface area contributed by atoms with E-state index in [4.69, 9.17) is 11.5 Å². The van der Waals surface area contributed by atoms with Crippen molar-refractivity contribution in [1.29, 1.82) is 0 Å². The molecular weight excluding hydrogens is 182 g/mol. The van der Waals surface area contributed by atoms with Crippen LogP contribution in [0.3, 0.4) is 0 Å². The molecule has 0 aliphatic carbocycles. The van der Waals surface area contributed by atoms with Gasteiger partial charge >= 0.3 is 0 Å². The molecule has 0 rings (SSSR count). The van der Waals surface area contributed by atoms with Crippen LogP contribution in [0.15, 0.2) is 0 Å². The summed E-state index contributed by atoms with van der Waals surface area (Å²) < 4.78 is 0. The van der Waals surface area contributed by atoms with E-state index in [9.17, 15) is 9.59 Å². The van der Waals surface area contributed by atoms with Crippen LogP contribution in [0.25, 0.3) is 0 Å². The summed E-state index contributed by atoms with van der Waals surface area (Å²) in [4.78, 5) is 22.1. The van der Waals surface area contributed by atoms with Gasteiger partial charge in [0, 0.05) is 0 Å². The maximum atomic E-state index is 11.2. The fourth-order valence-electron chi connectivity index (χ4n) is 0.997. The predicted octanol–water partition coefficient (Wildman–Crippen LogP) is -0.506. The molecule has 82 valence electrons. The lowest BCUT2D eigenvalue weighted by Crippen LogP contribution is -2.49. The molecule has 0 aliphatic heterocycles. The van der Waals surface area contributed by atoms with Crippen molar-refractivity contribution in [2.75, 3.05) is 0 Å². The summed E-state index contributed by atoms with van der Waals surface area (Å²) >= 11 is 0.